The Morgan fingerprint density at radius 2 is 2.38 bits per heavy atom. The molecule has 0 spiro atoms. The van der Waals surface area contributed by atoms with Crippen LogP contribution in [0.1, 0.15) is 18.7 Å². The molecule has 1 aromatic heterocycles. The number of alkyl carbamates (subject to hydrolysis) is 1. The summed E-state index contributed by atoms with van der Waals surface area (Å²) in [6, 6.07) is -0.0517. The maximum absolute atomic E-state index is 10.9. The second-order valence-corrected chi connectivity index (χ2v) is 2.89. The van der Waals surface area contributed by atoms with Gasteiger partial charge in [-0.25, -0.2) is 4.79 Å². The first kappa shape index (κ1) is 7.97. The molecule has 2 heterocycles. The lowest BCUT2D eigenvalue weighted by Gasteiger charge is -2.10. The SMILES string of the molecule is C[C@@H]1NC(=O)O[C@@H]1c1cnccn1. The van der Waals surface area contributed by atoms with Crippen LogP contribution in [-0.2, 0) is 4.74 Å². The number of aromatic nitrogens is 2. The Morgan fingerprint density at radius 3 is 2.92 bits per heavy atom. The van der Waals surface area contributed by atoms with E-state index < -0.39 is 6.09 Å². The summed E-state index contributed by atoms with van der Waals surface area (Å²) < 4.78 is 5.01. The number of ether oxygens (including phenoxy) is 1. The summed E-state index contributed by atoms with van der Waals surface area (Å²) in [7, 11) is 0. The van der Waals surface area contributed by atoms with Gasteiger partial charge >= 0.3 is 6.09 Å². The number of amides is 1. The molecular formula is C8H9N3O2. The van der Waals surface area contributed by atoms with Crippen LogP contribution < -0.4 is 5.32 Å². The fourth-order valence-electron chi connectivity index (χ4n) is 1.29. The highest BCUT2D eigenvalue weighted by Gasteiger charge is 2.32. The largest absolute Gasteiger partial charge is 0.437 e. The molecule has 0 unspecified atom stereocenters. The van der Waals surface area contributed by atoms with Gasteiger partial charge in [0, 0.05) is 12.4 Å². The molecule has 1 fully saturated rings. The van der Waals surface area contributed by atoms with E-state index in [-0.39, 0.29) is 12.1 Å². The van der Waals surface area contributed by atoms with E-state index in [4.69, 9.17) is 4.74 Å². The summed E-state index contributed by atoms with van der Waals surface area (Å²) in [5.41, 5.74) is 0.674. The molecule has 1 saturated heterocycles. The van der Waals surface area contributed by atoms with Crippen molar-refractivity contribution in [3.05, 3.63) is 24.3 Å². The minimum atomic E-state index is -0.400. The first-order valence-electron chi connectivity index (χ1n) is 4.00. The Bertz CT molecular complexity index is 314. The van der Waals surface area contributed by atoms with Crippen LogP contribution in [0.3, 0.4) is 0 Å². The molecule has 13 heavy (non-hydrogen) atoms. The molecule has 1 aromatic rings. The highest BCUT2D eigenvalue weighted by molar-refractivity contribution is 5.70. The zero-order valence-corrected chi connectivity index (χ0v) is 7.10. The molecule has 0 saturated carbocycles. The topological polar surface area (TPSA) is 64.1 Å². The number of hydrogen-bond acceptors (Lipinski definition) is 4. The zero-order chi connectivity index (χ0) is 9.26. The van der Waals surface area contributed by atoms with Gasteiger partial charge in [-0.05, 0) is 6.92 Å². The smallest absolute Gasteiger partial charge is 0.408 e. The van der Waals surface area contributed by atoms with Crippen LogP contribution in [0, 0.1) is 0 Å². The molecule has 0 aromatic carbocycles. The Hall–Kier alpha value is -1.65. The molecule has 2 atom stereocenters. The van der Waals surface area contributed by atoms with Gasteiger partial charge in [-0.15, -0.1) is 0 Å². The lowest BCUT2D eigenvalue weighted by Crippen LogP contribution is -2.24. The summed E-state index contributed by atoms with van der Waals surface area (Å²) in [4.78, 5) is 18.8. The van der Waals surface area contributed by atoms with E-state index in [9.17, 15) is 4.79 Å². The normalized spacial score (nSPS) is 26.7. The molecule has 5 heteroatoms. The maximum atomic E-state index is 10.9. The number of nitrogens with zero attached hydrogens (tertiary/aromatic N) is 2. The second kappa shape index (κ2) is 3.01. The average Bonchev–Trinajstić information content (AvgIpc) is 2.47. The molecule has 5 nitrogen and oxygen atoms in total. The molecule has 1 aliphatic rings. The number of hydrogen-bond donors (Lipinski definition) is 1. The maximum Gasteiger partial charge on any atom is 0.408 e. The predicted octanol–water partition coefficient (Wildman–Crippen LogP) is 0.646. The van der Waals surface area contributed by atoms with Crippen LogP contribution in [0.5, 0.6) is 0 Å². The van der Waals surface area contributed by atoms with Crippen molar-refractivity contribution in [1.82, 2.24) is 15.3 Å². The van der Waals surface area contributed by atoms with Crippen LogP contribution in [0.25, 0.3) is 0 Å². The molecule has 1 N–H and O–H groups in total. The minimum absolute atomic E-state index is 0.0517. The van der Waals surface area contributed by atoms with Crippen molar-refractivity contribution in [1.29, 1.82) is 0 Å². The van der Waals surface area contributed by atoms with Crippen molar-refractivity contribution in [3.63, 3.8) is 0 Å². The van der Waals surface area contributed by atoms with E-state index in [1.54, 1.807) is 18.6 Å². The fraction of sp³-hybridized carbons (Fsp3) is 0.375. The summed E-state index contributed by atoms with van der Waals surface area (Å²) in [6.07, 6.45) is 4.04. The third-order valence-corrected chi connectivity index (χ3v) is 1.91. The molecule has 1 aliphatic heterocycles. The molecule has 68 valence electrons. The van der Waals surface area contributed by atoms with Crippen LogP contribution in [0.2, 0.25) is 0 Å². The second-order valence-electron chi connectivity index (χ2n) is 2.89. The highest BCUT2D eigenvalue weighted by Crippen LogP contribution is 2.23. The highest BCUT2D eigenvalue weighted by atomic mass is 16.6. The fourth-order valence-corrected chi connectivity index (χ4v) is 1.29. The van der Waals surface area contributed by atoms with Gasteiger partial charge in [0.2, 0.25) is 0 Å². The van der Waals surface area contributed by atoms with Crippen LogP contribution in [-0.4, -0.2) is 22.1 Å². The van der Waals surface area contributed by atoms with E-state index in [0.717, 1.165) is 0 Å². The van der Waals surface area contributed by atoms with Crippen molar-refractivity contribution in [2.45, 2.75) is 19.1 Å². The molecule has 0 radical (unpaired) electrons. The lowest BCUT2D eigenvalue weighted by atomic mass is 10.1. The average molecular weight is 179 g/mol. The third-order valence-electron chi connectivity index (χ3n) is 1.91. The Labute approximate surface area is 75.1 Å². The summed E-state index contributed by atoms with van der Waals surface area (Å²) in [5, 5.41) is 2.64. The monoisotopic (exact) mass is 179 g/mol. The summed E-state index contributed by atoms with van der Waals surface area (Å²) in [5.74, 6) is 0. The molecule has 2 rings (SSSR count). The van der Waals surface area contributed by atoms with Gasteiger partial charge in [0.15, 0.2) is 6.10 Å². The minimum Gasteiger partial charge on any atom is -0.437 e. The first-order chi connectivity index (χ1) is 6.27. The van der Waals surface area contributed by atoms with Crippen molar-refractivity contribution >= 4 is 6.09 Å². The number of nitrogens with one attached hydrogen (secondary N) is 1. The molecule has 0 bridgehead atoms. The van der Waals surface area contributed by atoms with Crippen molar-refractivity contribution < 1.29 is 9.53 Å². The number of carbonyl (C=O) groups excluding carboxylic acids is 1. The summed E-state index contributed by atoms with van der Waals surface area (Å²) in [6.45, 7) is 1.87. The standard InChI is InChI=1S/C8H9N3O2/c1-5-7(13-8(12)11-5)6-4-9-2-3-10-6/h2-5,7H,1H3,(H,11,12)/t5-,7-/m0/s1. The number of carbonyl (C=O) groups is 1. The van der Waals surface area contributed by atoms with Crippen molar-refractivity contribution in [2.75, 3.05) is 0 Å². The van der Waals surface area contributed by atoms with Gasteiger partial charge < -0.3 is 10.1 Å². The molecule has 1 amide bonds. The van der Waals surface area contributed by atoms with E-state index >= 15 is 0 Å². The Kier molecular flexibility index (Phi) is 1.84. The van der Waals surface area contributed by atoms with E-state index in [0.29, 0.717) is 5.69 Å². The first-order valence-corrected chi connectivity index (χ1v) is 4.00. The van der Waals surface area contributed by atoms with E-state index in [1.807, 2.05) is 6.92 Å². The Balaban J connectivity index is 2.23. The van der Waals surface area contributed by atoms with Gasteiger partial charge in [0.05, 0.1) is 12.2 Å². The van der Waals surface area contributed by atoms with Gasteiger partial charge in [-0.1, -0.05) is 0 Å². The molecular weight excluding hydrogens is 170 g/mol. The summed E-state index contributed by atoms with van der Waals surface area (Å²) >= 11 is 0. The quantitative estimate of drug-likeness (QED) is 0.687. The van der Waals surface area contributed by atoms with Gasteiger partial charge in [0.25, 0.3) is 0 Å². The van der Waals surface area contributed by atoms with Crippen LogP contribution in [0.4, 0.5) is 4.79 Å². The Morgan fingerprint density at radius 1 is 1.54 bits per heavy atom. The van der Waals surface area contributed by atoms with Crippen molar-refractivity contribution in [3.8, 4) is 0 Å². The number of rotatable bonds is 1. The van der Waals surface area contributed by atoms with Gasteiger partial charge in [-0.2, -0.15) is 0 Å². The zero-order valence-electron chi connectivity index (χ0n) is 7.10. The van der Waals surface area contributed by atoms with E-state index in [1.165, 1.54) is 0 Å². The van der Waals surface area contributed by atoms with Gasteiger partial charge in [0.1, 0.15) is 5.69 Å². The van der Waals surface area contributed by atoms with E-state index in [2.05, 4.69) is 15.3 Å². The van der Waals surface area contributed by atoms with Crippen molar-refractivity contribution in [2.24, 2.45) is 0 Å². The van der Waals surface area contributed by atoms with Crippen LogP contribution >= 0.6 is 0 Å². The van der Waals surface area contributed by atoms with Crippen LogP contribution in [0.15, 0.2) is 18.6 Å². The predicted molar refractivity (Wildman–Crippen MR) is 43.9 cm³/mol. The molecule has 0 aliphatic carbocycles. The van der Waals surface area contributed by atoms with Gasteiger partial charge in [-0.3, -0.25) is 9.97 Å². The third kappa shape index (κ3) is 1.44. The number of cyclic esters (lactones) is 1. The lowest BCUT2D eigenvalue weighted by molar-refractivity contribution is 0.131.